The van der Waals surface area contributed by atoms with Gasteiger partial charge in [-0.15, -0.1) is 0 Å². The second-order valence-electron chi connectivity index (χ2n) is 1.45. The Hall–Kier alpha value is -0.530. The van der Waals surface area contributed by atoms with Gasteiger partial charge in [0.2, 0.25) is 0 Å². The number of carboxylic acid groups (broad SMARTS) is 2. The van der Waals surface area contributed by atoms with E-state index >= 15 is 0 Å². The molecule has 0 aliphatic heterocycles. The predicted octanol–water partition coefficient (Wildman–Crippen LogP) is 2.01. The lowest BCUT2D eigenvalue weighted by Crippen LogP contribution is -1.97. The molecule has 0 saturated heterocycles. The van der Waals surface area contributed by atoms with E-state index in [1.807, 2.05) is 0 Å². The van der Waals surface area contributed by atoms with E-state index in [0.29, 0.717) is 23.5 Å². The normalized spacial score (nSPS) is 9.00. The Morgan fingerprint density at radius 3 is 2.08 bits per heavy atom. The van der Waals surface area contributed by atoms with Gasteiger partial charge in [-0.3, -0.25) is 0 Å². The molecule has 0 aromatic rings. The summed E-state index contributed by atoms with van der Waals surface area (Å²) in [6.45, 7) is 3.17. The molecule has 66 valence electrons. The average Bonchev–Trinajstić information content (AvgIpc) is 1.84. The van der Waals surface area contributed by atoms with Gasteiger partial charge in [0, 0.05) is 11.8 Å². The molecule has 0 aliphatic rings. The zero-order valence-electron chi connectivity index (χ0n) is 5.64. The van der Waals surface area contributed by atoms with E-state index in [-0.39, 0.29) is 8.43 Å². The van der Waals surface area contributed by atoms with Crippen LogP contribution in [0, 0.1) is 0 Å². The third kappa shape index (κ3) is 5.16. The number of rotatable bonds is 2. The number of thioether (sulfide) groups is 2. The number of carboxylic acids is 1. The molecule has 0 unspecified atom stereocenters. The SMILES string of the molecule is C=C(SC(=S)SC(=O)O)C(=O)O. The van der Waals surface area contributed by atoms with Crippen LogP contribution in [0.3, 0.4) is 0 Å². The maximum absolute atomic E-state index is 10.2. The van der Waals surface area contributed by atoms with Crippen LogP contribution in [0.1, 0.15) is 0 Å². The average molecular weight is 224 g/mol. The van der Waals surface area contributed by atoms with Crippen molar-refractivity contribution in [2.75, 3.05) is 0 Å². The summed E-state index contributed by atoms with van der Waals surface area (Å²) in [5, 5.41) is 15.4. The first-order chi connectivity index (χ1) is 5.43. The molecular weight excluding hydrogens is 220 g/mol. The van der Waals surface area contributed by atoms with Crippen LogP contribution < -0.4 is 0 Å². The lowest BCUT2D eigenvalue weighted by Gasteiger charge is -1.97. The first kappa shape index (κ1) is 11.5. The van der Waals surface area contributed by atoms with Crippen LogP contribution in [0.2, 0.25) is 0 Å². The van der Waals surface area contributed by atoms with E-state index < -0.39 is 11.3 Å². The predicted molar refractivity (Wildman–Crippen MR) is 52.6 cm³/mol. The minimum absolute atomic E-state index is 0.00917. The van der Waals surface area contributed by atoms with E-state index in [1.54, 1.807) is 0 Å². The summed E-state index contributed by atoms with van der Waals surface area (Å²) >= 11 is 5.59. The van der Waals surface area contributed by atoms with Gasteiger partial charge in [0.05, 0.1) is 4.91 Å². The first-order valence-electron chi connectivity index (χ1n) is 2.48. The van der Waals surface area contributed by atoms with Crippen molar-refractivity contribution >= 4 is 50.5 Å². The van der Waals surface area contributed by atoms with E-state index in [1.165, 1.54) is 0 Å². The summed E-state index contributed by atoms with van der Waals surface area (Å²) in [6, 6.07) is 0. The zero-order chi connectivity index (χ0) is 9.72. The summed E-state index contributed by atoms with van der Waals surface area (Å²) < 4.78 is 0.00917. The van der Waals surface area contributed by atoms with Crippen LogP contribution in [-0.2, 0) is 4.79 Å². The highest BCUT2D eigenvalue weighted by atomic mass is 32.2. The standard InChI is InChI=1S/C5H4O4S3/c1-2(3(6)7)11-5(10)12-4(8)9/h1H2,(H,6,7)(H,8,9). The van der Waals surface area contributed by atoms with E-state index in [9.17, 15) is 9.59 Å². The van der Waals surface area contributed by atoms with Gasteiger partial charge in [0.15, 0.2) is 0 Å². The molecule has 4 nitrogen and oxygen atoms in total. The van der Waals surface area contributed by atoms with E-state index in [2.05, 4.69) is 18.8 Å². The highest BCUT2D eigenvalue weighted by molar-refractivity contribution is 8.53. The number of carbonyl (C=O) groups is 2. The quantitative estimate of drug-likeness (QED) is 0.549. The molecule has 0 atom stereocenters. The second kappa shape index (κ2) is 5.18. The minimum Gasteiger partial charge on any atom is -0.477 e. The van der Waals surface area contributed by atoms with Crippen molar-refractivity contribution in [3.05, 3.63) is 11.5 Å². The molecule has 0 amide bonds. The molecule has 7 heteroatoms. The van der Waals surface area contributed by atoms with Gasteiger partial charge in [0.25, 0.3) is 0 Å². The molecule has 0 aliphatic carbocycles. The fourth-order valence-corrected chi connectivity index (χ4v) is 1.87. The number of thiocarbonyl (C=S) groups is 1. The van der Waals surface area contributed by atoms with Crippen molar-refractivity contribution in [3.8, 4) is 0 Å². The lowest BCUT2D eigenvalue weighted by atomic mass is 10.7. The summed E-state index contributed by atoms with van der Waals surface area (Å²) in [5.41, 5.74) is 0. The second-order valence-corrected chi connectivity index (χ2v) is 4.70. The Kier molecular flexibility index (Phi) is 4.95. The molecule has 0 spiro atoms. The molecular formula is C5H4O4S3. The fraction of sp³-hybridized carbons (Fsp3) is 0. The molecule has 2 N–H and O–H groups in total. The molecule has 0 aromatic heterocycles. The van der Waals surface area contributed by atoms with Gasteiger partial charge in [-0.1, -0.05) is 30.6 Å². The molecule has 0 heterocycles. The van der Waals surface area contributed by atoms with Crippen LogP contribution in [-0.4, -0.2) is 25.0 Å². The van der Waals surface area contributed by atoms with Crippen LogP contribution in [0.5, 0.6) is 0 Å². The third-order valence-corrected chi connectivity index (χ3v) is 2.54. The monoisotopic (exact) mass is 224 g/mol. The number of hydrogen-bond acceptors (Lipinski definition) is 5. The third-order valence-electron chi connectivity index (χ3n) is 0.616. The van der Waals surface area contributed by atoms with Crippen LogP contribution in [0.15, 0.2) is 11.5 Å². The van der Waals surface area contributed by atoms with Crippen LogP contribution in [0.4, 0.5) is 4.79 Å². The van der Waals surface area contributed by atoms with Crippen molar-refractivity contribution in [2.45, 2.75) is 0 Å². The Labute approximate surface area is 82.0 Å². The smallest absolute Gasteiger partial charge is 0.371 e. The topological polar surface area (TPSA) is 74.6 Å². The Morgan fingerprint density at radius 2 is 1.75 bits per heavy atom. The van der Waals surface area contributed by atoms with Crippen molar-refractivity contribution in [1.82, 2.24) is 0 Å². The molecule has 0 aromatic carbocycles. The van der Waals surface area contributed by atoms with Gasteiger partial charge in [-0.2, -0.15) is 0 Å². The number of hydrogen-bond donors (Lipinski definition) is 2. The largest absolute Gasteiger partial charge is 0.477 e. The fourth-order valence-electron chi connectivity index (χ4n) is 0.236. The number of aliphatic carboxylic acids is 1. The van der Waals surface area contributed by atoms with Gasteiger partial charge < -0.3 is 10.2 Å². The van der Waals surface area contributed by atoms with Gasteiger partial charge in [-0.05, 0) is 0 Å². The van der Waals surface area contributed by atoms with Crippen molar-refractivity contribution in [3.63, 3.8) is 0 Å². The summed E-state index contributed by atoms with van der Waals surface area (Å²) in [7, 11) is 0. The summed E-state index contributed by atoms with van der Waals surface area (Å²) in [6.07, 6.45) is 0. The maximum atomic E-state index is 10.2. The van der Waals surface area contributed by atoms with Crippen LogP contribution >= 0.6 is 35.7 Å². The van der Waals surface area contributed by atoms with Crippen molar-refractivity contribution in [2.24, 2.45) is 0 Å². The van der Waals surface area contributed by atoms with E-state index in [0.717, 1.165) is 0 Å². The van der Waals surface area contributed by atoms with Crippen LogP contribution in [0.25, 0.3) is 0 Å². The van der Waals surface area contributed by atoms with Gasteiger partial charge in [0.1, 0.15) is 3.53 Å². The summed E-state index contributed by atoms with van der Waals surface area (Å²) in [4.78, 5) is 20.0. The highest BCUT2D eigenvalue weighted by Gasteiger charge is 2.11. The molecule has 12 heavy (non-hydrogen) atoms. The van der Waals surface area contributed by atoms with Gasteiger partial charge in [-0.25, -0.2) is 9.59 Å². The molecule has 0 radical (unpaired) electrons. The first-order valence-corrected chi connectivity index (χ1v) is 4.52. The molecule has 0 rings (SSSR count). The van der Waals surface area contributed by atoms with E-state index in [4.69, 9.17) is 10.2 Å². The molecule has 0 saturated carbocycles. The molecule has 0 fully saturated rings. The lowest BCUT2D eigenvalue weighted by molar-refractivity contribution is -0.131. The maximum Gasteiger partial charge on any atom is 0.371 e. The summed E-state index contributed by atoms with van der Waals surface area (Å²) in [5.74, 6) is -1.20. The van der Waals surface area contributed by atoms with Crippen molar-refractivity contribution < 1.29 is 19.8 Å². The Balaban J connectivity index is 3.94. The van der Waals surface area contributed by atoms with Crippen molar-refractivity contribution in [1.29, 1.82) is 0 Å². The Morgan fingerprint density at radius 1 is 1.25 bits per heavy atom. The zero-order valence-corrected chi connectivity index (χ0v) is 8.09. The highest BCUT2D eigenvalue weighted by Crippen LogP contribution is 2.24. The molecule has 0 bridgehead atoms. The van der Waals surface area contributed by atoms with Gasteiger partial charge >= 0.3 is 11.3 Å². The Bertz CT molecular complexity index is 247. The minimum atomic E-state index is -1.20.